The molecule has 2 bridgehead atoms. The van der Waals surface area contributed by atoms with Gasteiger partial charge < -0.3 is 23.7 Å². The molecule has 1 amide bonds. The Hall–Kier alpha value is -3.19. The highest BCUT2D eigenvalue weighted by molar-refractivity contribution is 6.32. The second kappa shape index (κ2) is 9.93. The minimum absolute atomic E-state index is 0.0541. The monoisotopic (exact) mass is 524 g/mol. The molecule has 0 saturated carbocycles. The van der Waals surface area contributed by atoms with Crippen LogP contribution in [0.15, 0.2) is 53.5 Å². The Bertz CT molecular complexity index is 1350. The fraction of sp³-hybridized carbons (Fsp3) is 0.448. The topological polar surface area (TPSA) is 70.0 Å². The maximum atomic E-state index is 13.2. The normalized spacial score (nSPS) is 21.2. The van der Waals surface area contributed by atoms with Crippen molar-refractivity contribution in [2.24, 2.45) is 0 Å². The summed E-state index contributed by atoms with van der Waals surface area (Å²) >= 11 is 6.61. The molecule has 3 heterocycles. The fourth-order valence-corrected chi connectivity index (χ4v) is 5.65. The van der Waals surface area contributed by atoms with Crippen molar-refractivity contribution in [3.63, 3.8) is 0 Å². The Morgan fingerprint density at radius 2 is 1.73 bits per heavy atom. The fourth-order valence-electron chi connectivity index (χ4n) is 5.44. The van der Waals surface area contributed by atoms with E-state index in [4.69, 9.17) is 25.8 Å². The molecule has 3 atom stereocenters. The molecule has 2 saturated heterocycles. The number of carbonyl (C=O) groups is 1. The summed E-state index contributed by atoms with van der Waals surface area (Å²) in [5.74, 6) is 1.34. The summed E-state index contributed by atoms with van der Waals surface area (Å²) < 4.78 is 18.9. The second-order valence-corrected chi connectivity index (χ2v) is 11.4. The molecule has 196 valence electrons. The summed E-state index contributed by atoms with van der Waals surface area (Å²) in [6.45, 7) is 6.11. The number of benzene rings is 2. The number of halogens is 1. The lowest BCUT2D eigenvalue weighted by molar-refractivity contribution is -0.00705. The highest BCUT2D eigenvalue weighted by Gasteiger charge is 2.45. The zero-order chi connectivity index (χ0) is 26.3. The first-order valence-corrected chi connectivity index (χ1v) is 13.1. The van der Waals surface area contributed by atoms with Gasteiger partial charge in [0.2, 0.25) is 0 Å². The molecule has 1 aromatic heterocycles. The van der Waals surface area contributed by atoms with Gasteiger partial charge in [-0.15, -0.1) is 0 Å². The maximum Gasteiger partial charge on any atom is 0.410 e. The lowest BCUT2D eigenvalue weighted by Crippen LogP contribution is -2.50. The van der Waals surface area contributed by atoms with Crippen molar-refractivity contribution in [3.05, 3.63) is 69.6 Å². The second-order valence-electron chi connectivity index (χ2n) is 11.0. The number of hydrogen-bond acceptors (Lipinski definition) is 5. The number of rotatable bonds is 5. The van der Waals surface area contributed by atoms with Gasteiger partial charge in [-0.05, 0) is 74.9 Å². The third kappa shape index (κ3) is 5.42. The number of hydrogen-bond donors (Lipinski definition) is 0. The van der Waals surface area contributed by atoms with Gasteiger partial charge in [0.05, 0.1) is 18.7 Å². The number of nitrogens with zero attached hydrogens (tertiary/aromatic N) is 2. The summed E-state index contributed by atoms with van der Waals surface area (Å²) in [4.78, 5) is 27.8. The van der Waals surface area contributed by atoms with Crippen molar-refractivity contribution in [2.75, 3.05) is 7.11 Å². The number of fused-ring (bicyclic) bond motifs is 3. The van der Waals surface area contributed by atoms with Crippen molar-refractivity contribution in [1.82, 2.24) is 9.47 Å². The number of pyridine rings is 1. The average Bonchev–Trinajstić information content (AvgIpc) is 3.12. The summed E-state index contributed by atoms with van der Waals surface area (Å²) in [5.41, 5.74) is 0.376. The van der Waals surface area contributed by atoms with Crippen LogP contribution in [0, 0.1) is 0 Å². The molecule has 8 heteroatoms. The number of carbonyl (C=O) groups excluding carboxylic acids is 1. The smallest absolute Gasteiger partial charge is 0.410 e. The van der Waals surface area contributed by atoms with E-state index in [-0.39, 0.29) is 29.8 Å². The third-order valence-electron chi connectivity index (χ3n) is 7.13. The van der Waals surface area contributed by atoms with E-state index in [2.05, 4.69) is 0 Å². The molecule has 5 rings (SSSR count). The van der Waals surface area contributed by atoms with Crippen molar-refractivity contribution in [3.8, 4) is 11.5 Å². The van der Waals surface area contributed by atoms with Crippen LogP contribution in [0.2, 0.25) is 5.02 Å². The first-order chi connectivity index (χ1) is 17.6. The predicted molar refractivity (Wildman–Crippen MR) is 144 cm³/mol. The number of amides is 1. The van der Waals surface area contributed by atoms with Crippen molar-refractivity contribution in [1.29, 1.82) is 0 Å². The van der Waals surface area contributed by atoms with Crippen LogP contribution in [0.1, 0.15) is 52.0 Å². The zero-order valence-corrected chi connectivity index (χ0v) is 22.5. The van der Waals surface area contributed by atoms with Crippen LogP contribution in [0.5, 0.6) is 11.5 Å². The van der Waals surface area contributed by atoms with E-state index in [9.17, 15) is 9.59 Å². The molecule has 0 radical (unpaired) electrons. The van der Waals surface area contributed by atoms with E-state index >= 15 is 0 Å². The molecule has 0 spiro atoms. The molecule has 2 aromatic carbocycles. The third-order valence-corrected chi connectivity index (χ3v) is 7.42. The Morgan fingerprint density at radius 3 is 2.35 bits per heavy atom. The largest absolute Gasteiger partial charge is 0.497 e. The summed E-state index contributed by atoms with van der Waals surface area (Å²) in [5, 5.41) is 1.74. The molecule has 0 aliphatic carbocycles. The highest BCUT2D eigenvalue weighted by atomic mass is 35.5. The van der Waals surface area contributed by atoms with Crippen LogP contribution in [0.4, 0.5) is 4.79 Å². The maximum absolute atomic E-state index is 13.2. The van der Waals surface area contributed by atoms with Crippen molar-refractivity contribution >= 4 is 28.5 Å². The van der Waals surface area contributed by atoms with Gasteiger partial charge in [-0.3, -0.25) is 4.79 Å². The molecule has 1 unspecified atom stereocenters. The molecule has 7 nitrogen and oxygen atoms in total. The highest BCUT2D eigenvalue weighted by Crippen LogP contribution is 2.39. The molecule has 3 aromatic rings. The van der Waals surface area contributed by atoms with Crippen molar-refractivity contribution < 1.29 is 19.0 Å². The number of ether oxygens (including phenoxy) is 3. The Balaban J connectivity index is 1.31. The molecular formula is C29H33ClN2O5. The quantitative estimate of drug-likeness (QED) is 0.408. The first kappa shape index (κ1) is 25.5. The van der Waals surface area contributed by atoms with Gasteiger partial charge in [-0.25, -0.2) is 4.79 Å². The van der Waals surface area contributed by atoms with E-state index in [1.165, 1.54) is 0 Å². The standard InChI is InChI=1S/C29H33ClN2O5/c1-29(2,3)37-28(34)32-20-7-8-21(32)15-23(14-20)36-26-13-19-11-12-31(27(33)24(19)16-25(26)30)17-18-5-9-22(35-4)10-6-18/h5-6,9-13,16,20-21,23H,7-8,14-15,17H2,1-4H3/t20-,21+,23?. The van der Waals surface area contributed by atoms with Gasteiger partial charge in [0.1, 0.15) is 23.2 Å². The van der Waals surface area contributed by atoms with E-state index in [1.807, 2.05) is 62.1 Å². The lowest BCUT2D eigenvalue weighted by Gasteiger charge is -2.39. The van der Waals surface area contributed by atoms with Crippen LogP contribution < -0.4 is 15.0 Å². The molecule has 0 N–H and O–H groups in total. The predicted octanol–water partition coefficient (Wildman–Crippen LogP) is 6.02. The first-order valence-electron chi connectivity index (χ1n) is 12.7. The SMILES string of the molecule is COc1ccc(Cn2ccc3cc(OC4C[C@H]5CC[C@@H](C4)N5C(=O)OC(C)(C)C)c(Cl)cc3c2=O)cc1. The van der Waals surface area contributed by atoms with E-state index < -0.39 is 5.60 Å². The van der Waals surface area contributed by atoms with Gasteiger partial charge in [0.15, 0.2) is 0 Å². The van der Waals surface area contributed by atoms with Crippen LogP contribution in [-0.2, 0) is 11.3 Å². The summed E-state index contributed by atoms with van der Waals surface area (Å²) in [6.07, 6.45) is 4.86. The number of aromatic nitrogens is 1. The van der Waals surface area contributed by atoms with E-state index in [1.54, 1.807) is 23.9 Å². The Morgan fingerprint density at radius 1 is 1.05 bits per heavy atom. The van der Waals surface area contributed by atoms with Gasteiger partial charge in [-0.1, -0.05) is 23.7 Å². The van der Waals surface area contributed by atoms with Crippen molar-refractivity contribution in [2.45, 2.75) is 76.8 Å². The summed E-state index contributed by atoms with van der Waals surface area (Å²) in [7, 11) is 1.63. The molecular weight excluding hydrogens is 492 g/mol. The van der Waals surface area contributed by atoms with Crippen LogP contribution >= 0.6 is 11.6 Å². The summed E-state index contributed by atoms with van der Waals surface area (Å²) in [6, 6.07) is 13.3. The Kier molecular flexibility index (Phi) is 6.84. The van der Waals surface area contributed by atoms with Crippen LogP contribution in [-0.4, -0.2) is 46.5 Å². The van der Waals surface area contributed by atoms with Gasteiger partial charge in [-0.2, -0.15) is 0 Å². The van der Waals surface area contributed by atoms with Gasteiger partial charge in [0, 0.05) is 36.5 Å². The van der Waals surface area contributed by atoms with E-state index in [0.29, 0.717) is 22.7 Å². The number of piperidine rings is 1. The minimum Gasteiger partial charge on any atom is -0.497 e. The molecule has 2 fully saturated rings. The average molecular weight is 525 g/mol. The van der Waals surface area contributed by atoms with E-state index in [0.717, 1.165) is 42.4 Å². The van der Waals surface area contributed by atoms with Crippen LogP contribution in [0.25, 0.3) is 10.8 Å². The molecule has 2 aliphatic rings. The number of methoxy groups -OCH3 is 1. The lowest BCUT2D eigenvalue weighted by atomic mass is 10.00. The van der Waals surface area contributed by atoms with Gasteiger partial charge in [0.25, 0.3) is 5.56 Å². The molecule has 37 heavy (non-hydrogen) atoms. The zero-order valence-electron chi connectivity index (χ0n) is 21.7. The Labute approximate surface area is 221 Å². The van der Waals surface area contributed by atoms with Crippen LogP contribution in [0.3, 0.4) is 0 Å². The minimum atomic E-state index is -0.518. The molecule has 2 aliphatic heterocycles. The van der Waals surface area contributed by atoms with Gasteiger partial charge >= 0.3 is 6.09 Å².